The Bertz CT molecular complexity index is 1160. The van der Waals surface area contributed by atoms with Gasteiger partial charge in [0.2, 0.25) is 0 Å². The third-order valence-corrected chi connectivity index (χ3v) is 3.59. The van der Waals surface area contributed by atoms with Crippen LogP contribution in [0.2, 0.25) is 0 Å². The summed E-state index contributed by atoms with van der Waals surface area (Å²) in [5.41, 5.74) is 0.313. The Hall–Kier alpha value is -4.19. The standard InChI is InChI=1S/C17H7N9/c18-8-9-7-16-24-14-4-3-12(22-14)20-10-1-2-11(19-10)21-13-5-6-15(23-13)25-17(9)26-16/h1-7H. The molecule has 5 heterocycles. The molecule has 0 amide bonds. The number of rotatable bonds is 0. The van der Waals surface area contributed by atoms with Crippen LogP contribution in [0.4, 0.5) is 0 Å². The Balaban J connectivity index is 1.67. The van der Waals surface area contributed by atoms with Crippen molar-refractivity contribution in [3.63, 3.8) is 0 Å². The molecule has 9 nitrogen and oxygen atoms in total. The topological polar surface area (TPSA) is 123 Å². The number of hydrogen-bond donors (Lipinski definition) is 0. The van der Waals surface area contributed by atoms with Crippen molar-refractivity contribution in [2.45, 2.75) is 0 Å². The number of hydrogen-bond acceptors (Lipinski definition) is 9. The van der Waals surface area contributed by atoms with Crippen molar-refractivity contribution < 1.29 is 0 Å². The molecule has 0 radical (unpaired) electrons. The van der Waals surface area contributed by atoms with Gasteiger partial charge in [-0.15, -0.1) is 0 Å². The lowest BCUT2D eigenvalue weighted by Gasteiger charge is -1.93. The first-order chi connectivity index (χ1) is 12.7. The molecule has 26 heavy (non-hydrogen) atoms. The molecule has 0 unspecified atom stereocenters. The van der Waals surface area contributed by atoms with E-state index in [1.54, 1.807) is 42.5 Å². The molecule has 9 heteroatoms. The lowest BCUT2D eigenvalue weighted by molar-refractivity contribution is 1.48. The zero-order chi connectivity index (χ0) is 17.5. The summed E-state index contributed by atoms with van der Waals surface area (Å²) in [5.74, 6) is 3.38. The second-order valence-electron chi connectivity index (χ2n) is 5.40. The first-order valence-electron chi connectivity index (χ1n) is 7.61. The van der Waals surface area contributed by atoms with Crippen LogP contribution in [-0.2, 0) is 0 Å². The van der Waals surface area contributed by atoms with Crippen molar-refractivity contribution in [2.24, 2.45) is 39.9 Å². The monoisotopic (exact) mass is 337 g/mol. The first-order valence-corrected chi connectivity index (χ1v) is 7.61. The van der Waals surface area contributed by atoms with E-state index in [9.17, 15) is 5.26 Å². The van der Waals surface area contributed by atoms with E-state index in [2.05, 4.69) is 46.0 Å². The summed E-state index contributed by atoms with van der Waals surface area (Å²) < 4.78 is 0. The second kappa shape index (κ2) is 5.42. The number of nitrogens with zero attached hydrogens (tertiary/aromatic N) is 9. The third-order valence-electron chi connectivity index (χ3n) is 3.59. The van der Waals surface area contributed by atoms with Gasteiger partial charge in [-0.3, -0.25) is 0 Å². The van der Waals surface area contributed by atoms with Crippen molar-refractivity contribution in [3.05, 3.63) is 48.1 Å². The van der Waals surface area contributed by atoms with Gasteiger partial charge in [-0.1, -0.05) is 0 Å². The van der Waals surface area contributed by atoms with Crippen molar-refractivity contribution in [1.29, 1.82) is 5.26 Å². The smallest absolute Gasteiger partial charge is 0.174 e. The Kier molecular flexibility index (Phi) is 2.96. The molecule has 0 spiro atoms. The average molecular weight is 337 g/mol. The normalized spacial score (nSPS) is 21.9. The number of amidine groups is 8. The highest BCUT2D eigenvalue weighted by Crippen LogP contribution is 2.14. The molecule has 0 aromatic heterocycles. The van der Waals surface area contributed by atoms with E-state index in [0.29, 0.717) is 46.4 Å². The van der Waals surface area contributed by atoms with Gasteiger partial charge >= 0.3 is 0 Å². The van der Waals surface area contributed by atoms with Gasteiger partial charge in [-0.25, -0.2) is 39.9 Å². The molecule has 0 fully saturated rings. The van der Waals surface area contributed by atoms with Crippen LogP contribution < -0.4 is 0 Å². The van der Waals surface area contributed by atoms with Crippen LogP contribution in [0.5, 0.6) is 0 Å². The predicted molar refractivity (Wildman–Crippen MR) is 101 cm³/mol. The lowest BCUT2D eigenvalue weighted by Crippen LogP contribution is -1.99. The minimum Gasteiger partial charge on any atom is -0.209 e. The zero-order valence-corrected chi connectivity index (χ0v) is 13.1. The maximum Gasteiger partial charge on any atom is 0.174 e. The molecular formula is C17H7N9. The van der Waals surface area contributed by atoms with Gasteiger partial charge in [-0.2, -0.15) is 5.26 Å². The maximum atomic E-state index is 9.30. The van der Waals surface area contributed by atoms with Gasteiger partial charge in [0.15, 0.2) is 46.7 Å². The number of aliphatic imine (C=N–C) groups is 8. The highest BCUT2D eigenvalue weighted by molar-refractivity contribution is 6.29. The molecule has 0 aromatic rings. The first kappa shape index (κ1) is 14.2. The van der Waals surface area contributed by atoms with Crippen LogP contribution in [-0.4, -0.2) is 46.7 Å². The van der Waals surface area contributed by atoms with Crippen molar-refractivity contribution >= 4 is 46.7 Å². The number of fused-ring (bicyclic) bond motifs is 4. The van der Waals surface area contributed by atoms with Gasteiger partial charge in [0.25, 0.3) is 0 Å². The summed E-state index contributed by atoms with van der Waals surface area (Å²) in [6.45, 7) is 0. The molecule has 5 rings (SSSR count). The van der Waals surface area contributed by atoms with Gasteiger partial charge < -0.3 is 0 Å². The van der Waals surface area contributed by atoms with Crippen LogP contribution in [0.15, 0.2) is 88.0 Å². The second-order valence-corrected chi connectivity index (χ2v) is 5.40. The molecule has 5 aliphatic rings. The van der Waals surface area contributed by atoms with Crippen LogP contribution in [0.1, 0.15) is 0 Å². The van der Waals surface area contributed by atoms with Crippen LogP contribution in [0.3, 0.4) is 0 Å². The Morgan fingerprint density at radius 2 is 0.885 bits per heavy atom. The fourth-order valence-corrected chi connectivity index (χ4v) is 2.48. The Morgan fingerprint density at radius 3 is 1.31 bits per heavy atom. The van der Waals surface area contributed by atoms with E-state index in [0.717, 1.165) is 0 Å². The fourth-order valence-electron chi connectivity index (χ4n) is 2.48. The molecular weight excluding hydrogens is 330 g/mol. The molecule has 0 saturated carbocycles. The van der Waals surface area contributed by atoms with Crippen LogP contribution in [0.25, 0.3) is 0 Å². The summed E-state index contributed by atoms with van der Waals surface area (Å²) in [5, 5.41) is 9.30. The summed E-state index contributed by atoms with van der Waals surface area (Å²) in [7, 11) is 0. The molecule has 0 N–H and O–H groups in total. The minimum absolute atomic E-state index is 0.258. The predicted octanol–water partition coefficient (Wildman–Crippen LogP) is 1.36. The molecule has 8 bridgehead atoms. The Morgan fingerprint density at radius 1 is 0.500 bits per heavy atom. The minimum atomic E-state index is 0.258. The van der Waals surface area contributed by atoms with E-state index in [4.69, 9.17) is 0 Å². The quantitative estimate of drug-likeness (QED) is 0.651. The van der Waals surface area contributed by atoms with E-state index in [-0.39, 0.29) is 5.84 Å². The van der Waals surface area contributed by atoms with Crippen molar-refractivity contribution in [1.82, 2.24) is 0 Å². The van der Waals surface area contributed by atoms with E-state index in [1.165, 1.54) is 0 Å². The highest BCUT2D eigenvalue weighted by atomic mass is 15.1. The van der Waals surface area contributed by atoms with E-state index in [1.807, 2.05) is 0 Å². The molecule has 0 aromatic carbocycles. The Labute approximate surface area is 146 Å². The molecule has 120 valence electrons. The molecule has 5 aliphatic heterocycles. The molecule has 0 aliphatic carbocycles. The maximum absolute atomic E-state index is 9.30. The number of nitriles is 1. The van der Waals surface area contributed by atoms with Crippen molar-refractivity contribution in [2.75, 3.05) is 0 Å². The largest absolute Gasteiger partial charge is 0.209 e. The summed E-state index contributed by atoms with van der Waals surface area (Å²) >= 11 is 0. The lowest BCUT2D eigenvalue weighted by atomic mass is 10.3. The SMILES string of the molecule is N#CC1=CC2=NC3=NC(=NC4=NC(=NC5=NC(=NC1=N2)C=C5)C=C4)C=C3. The summed E-state index contributed by atoms with van der Waals surface area (Å²) in [4.78, 5) is 34.5. The molecule has 0 atom stereocenters. The average Bonchev–Trinajstić information content (AvgIpc) is 3.39. The third kappa shape index (κ3) is 2.51. The van der Waals surface area contributed by atoms with E-state index < -0.39 is 0 Å². The summed E-state index contributed by atoms with van der Waals surface area (Å²) in [6.07, 6.45) is 11.9. The van der Waals surface area contributed by atoms with Crippen LogP contribution in [0, 0.1) is 11.3 Å². The molecule has 0 saturated heterocycles. The van der Waals surface area contributed by atoms with Gasteiger partial charge in [0.05, 0.1) is 0 Å². The van der Waals surface area contributed by atoms with E-state index >= 15 is 0 Å². The van der Waals surface area contributed by atoms with Gasteiger partial charge in [-0.05, 0) is 36.5 Å². The van der Waals surface area contributed by atoms with Gasteiger partial charge in [0.1, 0.15) is 11.6 Å². The highest BCUT2D eigenvalue weighted by Gasteiger charge is 2.19. The van der Waals surface area contributed by atoms with Crippen molar-refractivity contribution in [3.8, 4) is 6.07 Å². The van der Waals surface area contributed by atoms with Crippen LogP contribution >= 0.6 is 0 Å². The fraction of sp³-hybridized carbons (Fsp3) is 0. The zero-order valence-electron chi connectivity index (χ0n) is 13.1. The summed E-state index contributed by atoms with van der Waals surface area (Å²) in [6, 6.07) is 2.06. The van der Waals surface area contributed by atoms with Gasteiger partial charge in [0, 0.05) is 6.08 Å².